The molecule has 0 aromatic heterocycles. The molecule has 0 aliphatic carbocycles. The molecular weight excluding hydrogens is 302 g/mol. The minimum atomic E-state index is -2.75. The topological polar surface area (TPSA) is 43.4 Å². The molecular formula is C16H36O3P2. The van der Waals surface area contributed by atoms with Crippen molar-refractivity contribution in [2.24, 2.45) is 0 Å². The van der Waals surface area contributed by atoms with Gasteiger partial charge in [0.25, 0.3) is 0 Å². The van der Waals surface area contributed by atoms with E-state index in [9.17, 15) is 9.13 Å². The van der Waals surface area contributed by atoms with Crippen molar-refractivity contribution in [3.05, 3.63) is 0 Å². The molecule has 0 amide bonds. The van der Waals surface area contributed by atoms with Gasteiger partial charge in [0.1, 0.15) is 0 Å². The van der Waals surface area contributed by atoms with Crippen LogP contribution in [0.5, 0.6) is 0 Å². The molecule has 0 fully saturated rings. The van der Waals surface area contributed by atoms with Crippen LogP contribution in [-0.2, 0) is 13.4 Å². The average molecular weight is 338 g/mol. The molecule has 21 heavy (non-hydrogen) atoms. The fourth-order valence-corrected chi connectivity index (χ4v) is 11.9. The Morgan fingerprint density at radius 3 is 1.14 bits per heavy atom. The van der Waals surface area contributed by atoms with Gasteiger partial charge in [0.2, 0.25) is 0 Å². The summed E-state index contributed by atoms with van der Waals surface area (Å²) in [5.41, 5.74) is 0. The maximum absolute atomic E-state index is 11.5. The Morgan fingerprint density at radius 1 is 0.667 bits per heavy atom. The van der Waals surface area contributed by atoms with E-state index in [1.54, 1.807) is 0 Å². The van der Waals surface area contributed by atoms with Gasteiger partial charge in [-0.1, -0.05) is 0 Å². The Hall–Kier alpha value is 0.290. The third kappa shape index (κ3) is 7.40. The standard InChI is InChI=1S/C16H36O3P2/c1-5-9-13-21(14-10-6-2,15-11-7-3,16-12-8-4)19-20(17)18/h5-16H2,1-4H3. The zero-order valence-corrected chi connectivity index (χ0v) is 16.4. The van der Waals surface area contributed by atoms with E-state index in [0.29, 0.717) is 0 Å². The van der Waals surface area contributed by atoms with Crippen LogP contribution in [-0.4, -0.2) is 24.6 Å². The van der Waals surface area contributed by atoms with E-state index in [-0.39, 0.29) is 0 Å². The molecule has 0 heterocycles. The van der Waals surface area contributed by atoms with E-state index in [1.807, 2.05) is 0 Å². The summed E-state index contributed by atoms with van der Waals surface area (Å²) in [6.07, 6.45) is 12.9. The van der Waals surface area contributed by atoms with Crippen molar-refractivity contribution < 1.29 is 13.4 Å². The Bertz CT molecular complexity index is 289. The van der Waals surface area contributed by atoms with Crippen molar-refractivity contribution in [1.29, 1.82) is 0 Å². The van der Waals surface area contributed by atoms with E-state index in [2.05, 4.69) is 27.7 Å². The zero-order valence-electron chi connectivity index (χ0n) is 14.6. The number of rotatable bonds is 14. The molecule has 0 aromatic rings. The molecule has 0 rings (SSSR count). The van der Waals surface area contributed by atoms with E-state index in [4.69, 9.17) is 4.31 Å². The van der Waals surface area contributed by atoms with E-state index in [0.717, 1.165) is 76.0 Å². The fraction of sp³-hybridized carbons (Fsp3) is 1.00. The second-order valence-electron chi connectivity index (χ2n) is 6.47. The first-order chi connectivity index (χ1) is 9.97. The number of hydrogen-bond acceptors (Lipinski definition) is 3. The molecule has 0 atom stereocenters. The molecule has 0 aliphatic rings. The van der Waals surface area contributed by atoms with Crippen LogP contribution in [0.25, 0.3) is 0 Å². The Kier molecular flexibility index (Phi) is 11.1. The molecule has 128 valence electrons. The van der Waals surface area contributed by atoms with Gasteiger partial charge in [-0.3, -0.25) is 0 Å². The maximum atomic E-state index is 11.5. The molecule has 0 bridgehead atoms. The quantitative estimate of drug-likeness (QED) is 0.329. The normalized spacial score (nSPS) is 13.8. The summed E-state index contributed by atoms with van der Waals surface area (Å²) in [5.74, 6) is 0. The number of hydrogen-bond donors (Lipinski definition) is 0. The van der Waals surface area contributed by atoms with Crippen molar-refractivity contribution in [2.45, 2.75) is 79.1 Å². The van der Waals surface area contributed by atoms with Gasteiger partial charge < -0.3 is 0 Å². The first-order valence-electron chi connectivity index (χ1n) is 8.82. The van der Waals surface area contributed by atoms with Crippen LogP contribution >= 0.6 is 14.7 Å². The van der Waals surface area contributed by atoms with Crippen molar-refractivity contribution in [3.8, 4) is 0 Å². The van der Waals surface area contributed by atoms with E-state index in [1.165, 1.54) is 0 Å². The van der Waals surface area contributed by atoms with Gasteiger partial charge in [0.05, 0.1) is 0 Å². The van der Waals surface area contributed by atoms with Gasteiger partial charge in [-0.2, -0.15) is 0 Å². The third-order valence-corrected chi connectivity index (χ3v) is 12.8. The first kappa shape index (κ1) is 21.3. The molecule has 0 radical (unpaired) electrons. The van der Waals surface area contributed by atoms with Gasteiger partial charge >= 0.3 is 132 Å². The van der Waals surface area contributed by atoms with Crippen LogP contribution in [0.1, 0.15) is 79.1 Å². The van der Waals surface area contributed by atoms with E-state index < -0.39 is 14.7 Å². The zero-order chi connectivity index (χ0) is 16.2. The molecule has 0 aromatic carbocycles. The average Bonchev–Trinajstić information content (AvgIpc) is 2.47. The summed E-state index contributed by atoms with van der Waals surface area (Å²) in [7, 11) is -2.75. The van der Waals surface area contributed by atoms with Crippen LogP contribution in [0.4, 0.5) is 0 Å². The summed E-state index contributed by atoms with van der Waals surface area (Å²) in [4.78, 5) is 0. The number of unbranched alkanes of at least 4 members (excludes halogenated alkanes) is 4. The molecule has 0 saturated carbocycles. The molecule has 3 nitrogen and oxygen atoms in total. The fourth-order valence-electron chi connectivity index (χ4n) is 3.25. The summed E-state index contributed by atoms with van der Waals surface area (Å²) in [5, 5.41) is 0. The van der Waals surface area contributed by atoms with Crippen LogP contribution < -0.4 is 0 Å². The Balaban J connectivity index is 5.55. The monoisotopic (exact) mass is 338 g/mol. The van der Waals surface area contributed by atoms with E-state index >= 15 is 0 Å². The minimum absolute atomic E-state index is 1.01. The summed E-state index contributed by atoms with van der Waals surface area (Å²) < 4.78 is 29.0. The first-order valence-corrected chi connectivity index (χ1v) is 12.8. The van der Waals surface area contributed by atoms with Gasteiger partial charge in [0.15, 0.2) is 0 Å². The van der Waals surface area contributed by atoms with Crippen LogP contribution in [0, 0.1) is 0 Å². The van der Waals surface area contributed by atoms with Gasteiger partial charge in [-0.15, -0.1) is 0 Å². The summed E-state index contributed by atoms with van der Waals surface area (Å²) in [6, 6.07) is 0. The molecule has 0 N–H and O–H groups in total. The second kappa shape index (κ2) is 10.9. The van der Waals surface area contributed by atoms with Crippen molar-refractivity contribution in [3.63, 3.8) is 0 Å². The predicted octanol–water partition coefficient (Wildman–Crippen LogP) is 6.76. The molecule has 0 saturated heterocycles. The molecule has 0 aliphatic heterocycles. The predicted molar refractivity (Wildman–Crippen MR) is 95.4 cm³/mol. The second-order valence-corrected chi connectivity index (χ2v) is 13.1. The van der Waals surface area contributed by atoms with Crippen molar-refractivity contribution >= 4 is 14.7 Å². The molecule has 0 unspecified atom stereocenters. The van der Waals surface area contributed by atoms with Crippen LogP contribution in [0.15, 0.2) is 0 Å². The van der Waals surface area contributed by atoms with Gasteiger partial charge in [-0.25, -0.2) is 0 Å². The Morgan fingerprint density at radius 2 is 0.952 bits per heavy atom. The molecule has 5 heteroatoms. The van der Waals surface area contributed by atoms with Crippen molar-refractivity contribution in [1.82, 2.24) is 0 Å². The van der Waals surface area contributed by atoms with Crippen LogP contribution in [0.3, 0.4) is 0 Å². The summed E-state index contributed by atoms with van der Waals surface area (Å²) in [6.45, 7) is 6.15. The Labute approximate surface area is 132 Å². The van der Waals surface area contributed by atoms with Gasteiger partial charge in [-0.05, 0) is 0 Å². The SMILES string of the molecule is CCCCP(CCCC)(CCCC)(CCCC)OP(=O)=O. The van der Waals surface area contributed by atoms with Crippen molar-refractivity contribution in [2.75, 3.05) is 24.6 Å². The summed E-state index contributed by atoms with van der Waals surface area (Å²) >= 11 is 0. The van der Waals surface area contributed by atoms with Gasteiger partial charge in [0, 0.05) is 0 Å². The molecule has 0 spiro atoms. The third-order valence-electron chi connectivity index (χ3n) is 4.61. The van der Waals surface area contributed by atoms with Crippen LogP contribution in [0.2, 0.25) is 0 Å².